The van der Waals surface area contributed by atoms with E-state index in [1.807, 2.05) is 0 Å². The number of imide groups is 1. The van der Waals surface area contributed by atoms with Crippen LogP contribution in [0.3, 0.4) is 0 Å². The Morgan fingerprint density at radius 2 is 1.83 bits per heavy atom. The molecule has 1 N–H and O–H groups in total. The fourth-order valence-corrected chi connectivity index (χ4v) is 3.19. The van der Waals surface area contributed by atoms with Gasteiger partial charge in [0.05, 0.1) is 10.5 Å². The summed E-state index contributed by atoms with van der Waals surface area (Å²) in [5.41, 5.74) is -0.129. The van der Waals surface area contributed by atoms with Gasteiger partial charge >= 0.3 is 0 Å². The van der Waals surface area contributed by atoms with Crippen molar-refractivity contribution in [2.24, 2.45) is 0 Å². The van der Waals surface area contributed by atoms with Crippen LogP contribution in [0.5, 0.6) is 0 Å². The van der Waals surface area contributed by atoms with Crippen LogP contribution in [0.4, 0.5) is 15.8 Å². The first kappa shape index (κ1) is 20.1. The third-order valence-electron chi connectivity index (χ3n) is 4.57. The Hall–Kier alpha value is -3.62. The van der Waals surface area contributed by atoms with E-state index in [1.54, 1.807) is 6.07 Å². The maximum atomic E-state index is 13.1. The van der Waals surface area contributed by atoms with Gasteiger partial charge in [0, 0.05) is 24.7 Å². The number of nitrogens with one attached hydrogen (secondary N) is 1. The fraction of sp³-hybridized carbons (Fsp3) is 0.250. The molecule has 1 aliphatic heterocycles. The van der Waals surface area contributed by atoms with E-state index in [1.165, 1.54) is 36.4 Å². The number of nitro benzene ring substituents is 1. The molecular weight excluding hydrogens is 381 g/mol. The standard InChI is InChI=1S/C20H18FN3O5/c21-13-6-4-7-14(12-13)22-17(25)10-2-1-3-11-23-19(26)15-8-5-9-16(24(28)29)18(15)20(23)27/h4-9,12H,1-3,10-11H2,(H,22,25). The molecule has 9 heteroatoms. The van der Waals surface area contributed by atoms with Crippen LogP contribution in [0, 0.1) is 15.9 Å². The molecule has 8 nitrogen and oxygen atoms in total. The predicted molar refractivity (Wildman–Crippen MR) is 102 cm³/mol. The third kappa shape index (κ3) is 4.45. The van der Waals surface area contributed by atoms with Crippen molar-refractivity contribution in [1.82, 2.24) is 4.90 Å². The summed E-state index contributed by atoms with van der Waals surface area (Å²) in [5.74, 6) is -1.91. The number of fused-ring (bicyclic) bond motifs is 1. The van der Waals surface area contributed by atoms with Gasteiger partial charge in [-0.1, -0.05) is 18.6 Å². The Labute approximate surface area is 165 Å². The number of hydrogen-bond donors (Lipinski definition) is 1. The summed E-state index contributed by atoms with van der Waals surface area (Å²) in [7, 11) is 0. The van der Waals surface area contributed by atoms with Gasteiger partial charge in [0.25, 0.3) is 17.5 Å². The van der Waals surface area contributed by atoms with Crippen LogP contribution in [0.25, 0.3) is 0 Å². The molecular formula is C20H18FN3O5. The number of unbranched alkanes of at least 4 members (excludes halogenated alkanes) is 2. The van der Waals surface area contributed by atoms with Crippen LogP contribution in [0.15, 0.2) is 42.5 Å². The molecule has 0 spiro atoms. The minimum Gasteiger partial charge on any atom is -0.326 e. The van der Waals surface area contributed by atoms with Gasteiger partial charge in [0.2, 0.25) is 5.91 Å². The van der Waals surface area contributed by atoms with Crippen molar-refractivity contribution < 1.29 is 23.7 Å². The first-order valence-corrected chi connectivity index (χ1v) is 9.07. The highest BCUT2D eigenvalue weighted by Crippen LogP contribution is 2.30. The van der Waals surface area contributed by atoms with Crippen LogP contribution in [0.2, 0.25) is 0 Å². The second kappa shape index (κ2) is 8.59. The van der Waals surface area contributed by atoms with E-state index < -0.39 is 22.6 Å². The number of rotatable bonds is 8. The second-order valence-corrected chi connectivity index (χ2v) is 6.59. The van der Waals surface area contributed by atoms with E-state index in [9.17, 15) is 28.9 Å². The number of carbonyl (C=O) groups is 3. The van der Waals surface area contributed by atoms with Gasteiger partial charge in [-0.25, -0.2) is 4.39 Å². The lowest BCUT2D eigenvalue weighted by Crippen LogP contribution is -2.30. The molecule has 150 valence electrons. The monoisotopic (exact) mass is 399 g/mol. The molecule has 0 radical (unpaired) electrons. The summed E-state index contributed by atoms with van der Waals surface area (Å²) in [4.78, 5) is 48.1. The molecule has 2 aromatic carbocycles. The average molecular weight is 399 g/mol. The average Bonchev–Trinajstić information content (AvgIpc) is 2.92. The summed E-state index contributed by atoms with van der Waals surface area (Å²) in [6.45, 7) is 0.120. The Bertz CT molecular complexity index is 992. The molecule has 3 amide bonds. The van der Waals surface area contributed by atoms with E-state index in [0.29, 0.717) is 24.9 Å². The summed E-state index contributed by atoms with van der Waals surface area (Å²) in [6, 6.07) is 9.57. The van der Waals surface area contributed by atoms with Gasteiger partial charge in [0.15, 0.2) is 0 Å². The SMILES string of the molecule is O=C(CCCCCN1C(=O)c2cccc([N+](=O)[O-])c2C1=O)Nc1cccc(F)c1. The Morgan fingerprint density at radius 3 is 2.55 bits per heavy atom. The van der Waals surface area contributed by atoms with E-state index >= 15 is 0 Å². The van der Waals surface area contributed by atoms with Gasteiger partial charge in [-0.15, -0.1) is 0 Å². The van der Waals surface area contributed by atoms with E-state index in [2.05, 4.69) is 5.32 Å². The molecule has 3 rings (SSSR count). The molecule has 0 saturated heterocycles. The maximum Gasteiger partial charge on any atom is 0.282 e. The highest BCUT2D eigenvalue weighted by atomic mass is 19.1. The van der Waals surface area contributed by atoms with Gasteiger partial charge in [-0.2, -0.15) is 0 Å². The Morgan fingerprint density at radius 1 is 1.07 bits per heavy atom. The van der Waals surface area contributed by atoms with Crippen molar-refractivity contribution in [3.05, 3.63) is 69.5 Å². The highest BCUT2D eigenvalue weighted by Gasteiger charge is 2.40. The summed E-state index contributed by atoms with van der Waals surface area (Å²) >= 11 is 0. The summed E-state index contributed by atoms with van der Waals surface area (Å²) in [5, 5.41) is 13.7. The number of nitro groups is 1. The van der Waals surface area contributed by atoms with Crippen molar-refractivity contribution >= 4 is 29.1 Å². The van der Waals surface area contributed by atoms with E-state index in [0.717, 1.165) is 4.90 Å². The zero-order valence-electron chi connectivity index (χ0n) is 15.4. The van der Waals surface area contributed by atoms with Gasteiger partial charge in [-0.3, -0.25) is 29.4 Å². The summed E-state index contributed by atoms with van der Waals surface area (Å²) < 4.78 is 13.1. The summed E-state index contributed by atoms with van der Waals surface area (Å²) in [6.07, 6.45) is 1.77. The number of carbonyl (C=O) groups excluding carboxylic acids is 3. The van der Waals surface area contributed by atoms with Gasteiger partial charge < -0.3 is 5.32 Å². The minimum absolute atomic E-state index is 0.0404. The number of halogens is 1. The van der Waals surface area contributed by atoms with E-state index in [-0.39, 0.29) is 35.7 Å². The van der Waals surface area contributed by atoms with Gasteiger partial charge in [0.1, 0.15) is 11.4 Å². The molecule has 0 bridgehead atoms. The largest absolute Gasteiger partial charge is 0.326 e. The lowest BCUT2D eigenvalue weighted by atomic mass is 10.1. The molecule has 0 atom stereocenters. The number of amides is 3. The van der Waals surface area contributed by atoms with Crippen molar-refractivity contribution in [2.45, 2.75) is 25.7 Å². The molecule has 0 aliphatic carbocycles. The van der Waals surface area contributed by atoms with E-state index in [4.69, 9.17) is 0 Å². The number of nitrogens with zero attached hydrogens (tertiary/aromatic N) is 2. The molecule has 2 aromatic rings. The first-order valence-electron chi connectivity index (χ1n) is 9.07. The Kier molecular flexibility index (Phi) is 5.96. The smallest absolute Gasteiger partial charge is 0.282 e. The molecule has 0 saturated carbocycles. The van der Waals surface area contributed by atoms with Crippen molar-refractivity contribution in [3.63, 3.8) is 0 Å². The molecule has 0 unspecified atom stereocenters. The highest BCUT2D eigenvalue weighted by molar-refractivity contribution is 6.23. The van der Waals surface area contributed by atoms with Crippen LogP contribution < -0.4 is 5.32 Å². The third-order valence-corrected chi connectivity index (χ3v) is 4.57. The topological polar surface area (TPSA) is 110 Å². The molecule has 0 aromatic heterocycles. The first-order chi connectivity index (χ1) is 13.9. The molecule has 1 aliphatic rings. The van der Waals surface area contributed by atoms with Crippen LogP contribution in [0.1, 0.15) is 46.4 Å². The number of hydrogen-bond acceptors (Lipinski definition) is 5. The Balaban J connectivity index is 1.47. The number of anilines is 1. The molecule has 1 heterocycles. The maximum absolute atomic E-state index is 13.1. The lowest BCUT2D eigenvalue weighted by Gasteiger charge is -2.13. The molecule has 0 fully saturated rings. The zero-order chi connectivity index (χ0) is 21.0. The fourth-order valence-electron chi connectivity index (χ4n) is 3.19. The van der Waals surface area contributed by atoms with Crippen LogP contribution in [-0.4, -0.2) is 34.1 Å². The van der Waals surface area contributed by atoms with Crippen molar-refractivity contribution in [1.29, 1.82) is 0 Å². The molecule has 29 heavy (non-hydrogen) atoms. The van der Waals surface area contributed by atoms with Crippen molar-refractivity contribution in [2.75, 3.05) is 11.9 Å². The normalized spacial score (nSPS) is 12.8. The van der Waals surface area contributed by atoms with Crippen LogP contribution in [-0.2, 0) is 4.79 Å². The minimum atomic E-state index is -0.676. The second-order valence-electron chi connectivity index (χ2n) is 6.59. The zero-order valence-corrected chi connectivity index (χ0v) is 15.4. The number of benzene rings is 2. The predicted octanol–water partition coefficient (Wildman–Crippen LogP) is 3.53. The van der Waals surface area contributed by atoms with Gasteiger partial charge in [-0.05, 0) is 37.1 Å². The van der Waals surface area contributed by atoms with Crippen LogP contribution >= 0.6 is 0 Å². The quantitative estimate of drug-likeness (QED) is 0.316. The van der Waals surface area contributed by atoms with Crippen molar-refractivity contribution in [3.8, 4) is 0 Å². The lowest BCUT2D eigenvalue weighted by molar-refractivity contribution is -0.385.